The first-order chi connectivity index (χ1) is 6.63. The number of nitrogens with one attached hydrogen (secondary N) is 1. The Morgan fingerprint density at radius 3 is 2.93 bits per heavy atom. The molecule has 14 heavy (non-hydrogen) atoms. The first kappa shape index (κ1) is 10.2. The predicted molar refractivity (Wildman–Crippen MR) is 50.0 cm³/mol. The van der Waals surface area contributed by atoms with E-state index < -0.39 is 5.91 Å². The number of rotatable bonds is 2. The summed E-state index contributed by atoms with van der Waals surface area (Å²) in [5.74, 6) is -0.932. The third-order valence-electron chi connectivity index (χ3n) is 1.62. The lowest BCUT2D eigenvalue weighted by atomic mass is 10.2. The van der Waals surface area contributed by atoms with Crippen molar-refractivity contribution >= 4 is 17.8 Å². The highest BCUT2D eigenvalue weighted by molar-refractivity contribution is 6.31. The highest BCUT2D eigenvalue weighted by atomic mass is 19.1. The number of halogens is 1. The summed E-state index contributed by atoms with van der Waals surface area (Å²) in [5, 5.41) is 13.1. The van der Waals surface area contributed by atoms with Gasteiger partial charge in [-0.25, -0.2) is 4.39 Å². The van der Waals surface area contributed by atoms with Crippen LogP contribution in [-0.2, 0) is 4.79 Å². The lowest BCUT2D eigenvalue weighted by molar-refractivity contribution is -0.110. The zero-order valence-electron chi connectivity index (χ0n) is 7.49. The van der Waals surface area contributed by atoms with E-state index in [2.05, 4.69) is 10.5 Å². The van der Waals surface area contributed by atoms with Gasteiger partial charge in [0.25, 0.3) is 5.91 Å². The molecule has 0 radical (unpaired) electrons. The van der Waals surface area contributed by atoms with Crippen LogP contribution < -0.4 is 5.32 Å². The Bertz CT molecular complexity index is 377. The van der Waals surface area contributed by atoms with Crippen LogP contribution in [0, 0.1) is 12.7 Å². The van der Waals surface area contributed by atoms with Gasteiger partial charge in [-0.3, -0.25) is 4.79 Å². The number of aryl methyl sites for hydroxylation is 1. The van der Waals surface area contributed by atoms with Crippen molar-refractivity contribution in [2.24, 2.45) is 5.16 Å². The van der Waals surface area contributed by atoms with Crippen molar-refractivity contribution in [1.82, 2.24) is 0 Å². The normalized spacial score (nSPS) is 10.4. The molecular weight excluding hydrogens is 187 g/mol. The van der Waals surface area contributed by atoms with Crippen LogP contribution in [-0.4, -0.2) is 17.3 Å². The van der Waals surface area contributed by atoms with Gasteiger partial charge in [-0.1, -0.05) is 5.16 Å². The molecule has 0 saturated carbocycles. The molecule has 0 aliphatic rings. The number of hydrogen-bond acceptors (Lipinski definition) is 3. The molecule has 1 amide bonds. The van der Waals surface area contributed by atoms with Crippen molar-refractivity contribution in [2.45, 2.75) is 6.92 Å². The highest BCUT2D eigenvalue weighted by Crippen LogP contribution is 2.14. The molecule has 0 heterocycles. The number of amides is 1. The maximum atomic E-state index is 12.7. The van der Waals surface area contributed by atoms with Gasteiger partial charge in [-0.2, -0.15) is 0 Å². The van der Waals surface area contributed by atoms with Gasteiger partial charge >= 0.3 is 0 Å². The molecule has 1 rings (SSSR count). The summed E-state index contributed by atoms with van der Waals surface area (Å²) in [6, 6.07) is 3.97. The molecule has 4 nitrogen and oxygen atoms in total. The molecule has 0 unspecified atom stereocenters. The molecule has 0 saturated heterocycles. The average molecular weight is 196 g/mol. The quantitative estimate of drug-likeness (QED) is 0.428. The van der Waals surface area contributed by atoms with Crippen molar-refractivity contribution in [3.05, 3.63) is 29.6 Å². The summed E-state index contributed by atoms with van der Waals surface area (Å²) in [5.41, 5.74) is 1.08. The molecule has 0 bridgehead atoms. The molecule has 0 aliphatic carbocycles. The van der Waals surface area contributed by atoms with E-state index in [1.54, 1.807) is 6.92 Å². The predicted octanol–water partition coefficient (Wildman–Crippen LogP) is 1.53. The van der Waals surface area contributed by atoms with E-state index in [9.17, 15) is 9.18 Å². The van der Waals surface area contributed by atoms with Crippen molar-refractivity contribution in [3.8, 4) is 0 Å². The van der Waals surface area contributed by atoms with Crippen molar-refractivity contribution in [1.29, 1.82) is 0 Å². The molecule has 0 aliphatic heterocycles. The topological polar surface area (TPSA) is 61.7 Å². The molecule has 0 spiro atoms. The molecule has 0 aromatic heterocycles. The minimum absolute atomic E-state index is 0.365. The van der Waals surface area contributed by atoms with Crippen LogP contribution in [0.5, 0.6) is 0 Å². The van der Waals surface area contributed by atoms with Crippen LogP contribution in [0.4, 0.5) is 10.1 Å². The molecule has 1 aromatic carbocycles. The SMILES string of the molecule is Cc1cc(F)ccc1NC(=O)/C=N\O. The van der Waals surface area contributed by atoms with E-state index in [4.69, 9.17) is 5.21 Å². The summed E-state index contributed by atoms with van der Waals surface area (Å²) in [7, 11) is 0. The number of carbonyl (C=O) groups is 1. The zero-order valence-corrected chi connectivity index (χ0v) is 7.49. The fourth-order valence-electron chi connectivity index (χ4n) is 0.985. The minimum atomic E-state index is -0.567. The van der Waals surface area contributed by atoms with E-state index in [-0.39, 0.29) is 5.82 Å². The summed E-state index contributed by atoms with van der Waals surface area (Å²) >= 11 is 0. The maximum absolute atomic E-state index is 12.7. The number of hydrogen-bond donors (Lipinski definition) is 2. The van der Waals surface area contributed by atoms with Crippen molar-refractivity contribution < 1.29 is 14.4 Å². The fourth-order valence-corrected chi connectivity index (χ4v) is 0.985. The summed E-state index contributed by atoms with van der Waals surface area (Å²) in [4.78, 5) is 10.9. The van der Waals surface area contributed by atoms with Crippen molar-refractivity contribution in [3.63, 3.8) is 0 Å². The molecule has 5 heteroatoms. The van der Waals surface area contributed by atoms with Gasteiger partial charge in [0.2, 0.25) is 0 Å². The monoisotopic (exact) mass is 196 g/mol. The zero-order chi connectivity index (χ0) is 10.6. The maximum Gasteiger partial charge on any atom is 0.270 e. The van der Waals surface area contributed by atoms with Crippen LogP contribution in [0.1, 0.15) is 5.56 Å². The third-order valence-corrected chi connectivity index (χ3v) is 1.62. The second-order valence-electron chi connectivity index (χ2n) is 2.69. The van der Waals surface area contributed by atoms with E-state index in [1.165, 1.54) is 18.2 Å². The fraction of sp³-hybridized carbons (Fsp3) is 0.111. The van der Waals surface area contributed by atoms with Gasteiger partial charge in [-0.15, -0.1) is 0 Å². The molecule has 2 N–H and O–H groups in total. The number of carbonyl (C=O) groups excluding carboxylic acids is 1. The van der Waals surface area contributed by atoms with Gasteiger partial charge in [0.15, 0.2) is 0 Å². The molecule has 0 atom stereocenters. The van der Waals surface area contributed by atoms with Gasteiger partial charge in [0.1, 0.15) is 12.0 Å². The molecular formula is C9H9FN2O2. The van der Waals surface area contributed by atoms with E-state index in [0.717, 1.165) is 6.21 Å². The van der Waals surface area contributed by atoms with Crippen molar-refractivity contribution in [2.75, 3.05) is 5.32 Å². The van der Waals surface area contributed by atoms with Crippen LogP contribution in [0.25, 0.3) is 0 Å². The second kappa shape index (κ2) is 4.36. The van der Waals surface area contributed by atoms with Gasteiger partial charge in [-0.05, 0) is 30.7 Å². The van der Waals surface area contributed by atoms with E-state index in [0.29, 0.717) is 11.3 Å². The number of nitrogens with zero attached hydrogens (tertiary/aromatic N) is 1. The number of anilines is 1. The van der Waals surface area contributed by atoms with E-state index in [1.807, 2.05) is 0 Å². The Hall–Kier alpha value is -1.91. The van der Waals surface area contributed by atoms with Crippen LogP contribution in [0.2, 0.25) is 0 Å². The van der Waals surface area contributed by atoms with E-state index >= 15 is 0 Å². The van der Waals surface area contributed by atoms with Gasteiger partial charge in [0.05, 0.1) is 0 Å². The second-order valence-corrected chi connectivity index (χ2v) is 2.69. The molecule has 1 aromatic rings. The Kier molecular flexibility index (Phi) is 3.17. The lowest BCUT2D eigenvalue weighted by Gasteiger charge is -2.04. The summed E-state index contributed by atoms with van der Waals surface area (Å²) in [6.07, 6.45) is 0.725. The van der Waals surface area contributed by atoms with Crippen LogP contribution in [0.3, 0.4) is 0 Å². The minimum Gasteiger partial charge on any atom is -0.411 e. The Labute approximate surface area is 80.0 Å². The largest absolute Gasteiger partial charge is 0.411 e. The summed E-state index contributed by atoms with van der Waals surface area (Å²) < 4.78 is 12.7. The lowest BCUT2D eigenvalue weighted by Crippen LogP contribution is -2.13. The number of oxime groups is 1. The number of benzene rings is 1. The first-order valence-electron chi connectivity index (χ1n) is 3.88. The molecule has 74 valence electrons. The van der Waals surface area contributed by atoms with Gasteiger partial charge < -0.3 is 10.5 Å². The van der Waals surface area contributed by atoms with Gasteiger partial charge in [0, 0.05) is 5.69 Å². The Morgan fingerprint density at radius 2 is 2.36 bits per heavy atom. The Balaban J connectivity index is 2.82. The smallest absolute Gasteiger partial charge is 0.270 e. The third kappa shape index (κ3) is 2.55. The first-order valence-corrected chi connectivity index (χ1v) is 3.88. The Morgan fingerprint density at radius 1 is 1.64 bits per heavy atom. The molecule has 0 fully saturated rings. The van der Waals surface area contributed by atoms with Crippen LogP contribution >= 0.6 is 0 Å². The highest BCUT2D eigenvalue weighted by Gasteiger charge is 2.02. The summed E-state index contributed by atoms with van der Waals surface area (Å²) in [6.45, 7) is 1.66. The standard InChI is InChI=1S/C9H9FN2O2/c1-6-4-7(10)2-3-8(6)12-9(13)5-11-14/h2-5,14H,1H3,(H,12,13)/b11-5-. The average Bonchev–Trinajstić information content (AvgIpc) is 2.10. The van der Waals surface area contributed by atoms with Crippen LogP contribution in [0.15, 0.2) is 23.4 Å².